The van der Waals surface area contributed by atoms with E-state index < -0.39 is 11.7 Å². The molecule has 8 heteroatoms. The number of rotatable bonds is 2. The maximum atomic E-state index is 12.6. The summed E-state index contributed by atoms with van der Waals surface area (Å²) in [4.78, 5) is 3.73. The van der Waals surface area contributed by atoms with Crippen LogP contribution in [0.2, 0.25) is 10.2 Å². The smallest absolute Gasteiger partial charge is 0.235 e. The van der Waals surface area contributed by atoms with Crippen LogP contribution in [0.25, 0.3) is 5.82 Å². The average Bonchev–Trinajstić information content (AvgIpc) is 2.65. The van der Waals surface area contributed by atoms with E-state index in [0.29, 0.717) is 12.6 Å². The van der Waals surface area contributed by atoms with Crippen LogP contribution in [0.4, 0.5) is 13.2 Å². The van der Waals surface area contributed by atoms with Crippen LogP contribution in [0.1, 0.15) is 23.7 Å². The third kappa shape index (κ3) is 2.62. The van der Waals surface area contributed by atoms with Crippen molar-refractivity contribution in [2.24, 2.45) is 0 Å². The third-order valence-corrected chi connectivity index (χ3v) is 3.56. The molecule has 2 heterocycles. The molecular weight excluding hydrogens is 314 g/mol. The van der Waals surface area contributed by atoms with Crippen molar-refractivity contribution in [1.29, 1.82) is 0 Å². The Hall–Kier alpha value is -1.27. The van der Waals surface area contributed by atoms with Gasteiger partial charge in [0.1, 0.15) is 5.15 Å². The monoisotopic (exact) mass is 323 g/mol. The highest BCUT2D eigenvalue weighted by Gasteiger charge is 2.32. The fourth-order valence-corrected chi connectivity index (χ4v) is 2.21. The number of aryl methyl sites for hydroxylation is 1. The molecule has 108 valence electrons. The molecule has 0 aliphatic heterocycles. The predicted octanol–water partition coefficient (Wildman–Crippen LogP) is 4.46. The summed E-state index contributed by atoms with van der Waals surface area (Å²) in [7, 11) is 0. The van der Waals surface area contributed by atoms with E-state index in [2.05, 4.69) is 10.1 Å². The molecule has 0 saturated carbocycles. The topological polar surface area (TPSA) is 30.7 Å². The molecule has 0 amide bonds. The van der Waals surface area contributed by atoms with Gasteiger partial charge in [-0.2, -0.15) is 18.3 Å². The third-order valence-electron chi connectivity index (χ3n) is 2.83. The quantitative estimate of drug-likeness (QED) is 0.816. The van der Waals surface area contributed by atoms with Gasteiger partial charge < -0.3 is 0 Å². The first kappa shape index (κ1) is 15.1. The van der Waals surface area contributed by atoms with Crippen LogP contribution in [0, 0.1) is 6.92 Å². The lowest BCUT2D eigenvalue weighted by atomic mass is 10.2. The minimum absolute atomic E-state index is 0.0764. The summed E-state index contributed by atoms with van der Waals surface area (Å²) in [5.41, 5.74) is 0.585. The van der Waals surface area contributed by atoms with E-state index in [-0.39, 0.29) is 16.0 Å². The van der Waals surface area contributed by atoms with Crippen molar-refractivity contribution < 1.29 is 13.2 Å². The minimum atomic E-state index is -4.49. The van der Waals surface area contributed by atoms with E-state index in [1.165, 1.54) is 4.68 Å². The van der Waals surface area contributed by atoms with E-state index in [4.69, 9.17) is 23.2 Å². The Bertz CT molecular complexity index is 650. The van der Waals surface area contributed by atoms with Crippen LogP contribution < -0.4 is 0 Å². The molecule has 0 fully saturated rings. The number of pyridine rings is 1. The van der Waals surface area contributed by atoms with Gasteiger partial charge in [0.2, 0.25) is 0 Å². The Balaban J connectivity index is 2.54. The number of hydrogen-bond acceptors (Lipinski definition) is 2. The summed E-state index contributed by atoms with van der Waals surface area (Å²) >= 11 is 12.0. The van der Waals surface area contributed by atoms with Gasteiger partial charge in [0, 0.05) is 11.8 Å². The summed E-state index contributed by atoms with van der Waals surface area (Å²) in [6, 6.07) is 0.808. The highest BCUT2D eigenvalue weighted by Crippen LogP contribution is 2.33. The molecule has 0 N–H and O–H groups in total. The SMILES string of the molecule is CCc1nn(-c2ncc(C(F)(F)F)cc2Cl)c(Cl)c1C. The molecule has 3 nitrogen and oxygen atoms in total. The first-order valence-electron chi connectivity index (χ1n) is 5.72. The molecule has 0 aromatic carbocycles. The van der Waals surface area contributed by atoms with Crippen molar-refractivity contribution in [3.05, 3.63) is 39.3 Å². The van der Waals surface area contributed by atoms with Crippen molar-refractivity contribution >= 4 is 23.2 Å². The second kappa shape index (κ2) is 5.26. The minimum Gasteiger partial charge on any atom is -0.235 e. The van der Waals surface area contributed by atoms with E-state index in [0.717, 1.165) is 17.3 Å². The van der Waals surface area contributed by atoms with Gasteiger partial charge in [-0.1, -0.05) is 30.1 Å². The van der Waals surface area contributed by atoms with Crippen LogP contribution in [-0.2, 0) is 12.6 Å². The van der Waals surface area contributed by atoms with Crippen molar-refractivity contribution in [1.82, 2.24) is 14.8 Å². The first-order chi connectivity index (χ1) is 9.25. The summed E-state index contributed by atoms with van der Waals surface area (Å²) in [6.07, 6.45) is -3.13. The van der Waals surface area contributed by atoms with Gasteiger partial charge in [-0.15, -0.1) is 0 Å². The largest absolute Gasteiger partial charge is 0.417 e. The fraction of sp³-hybridized carbons (Fsp3) is 0.333. The van der Waals surface area contributed by atoms with E-state index in [1.54, 1.807) is 6.92 Å². The summed E-state index contributed by atoms with van der Waals surface area (Å²) in [5, 5.41) is 4.33. The number of aromatic nitrogens is 3. The van der Waals surface area contributed by atoms with E-state index in [9.17, 15) is 13.2 Å². The molecule has 20 heavy (non-hydrogen) atoms. The zero-order chi connectivity index (χ0) is 15.1. The maximum absolute atomic E-state index is 12.6. The standard InChI is InChI=1S/C12H10Cl2F3N3/c1-3-9-6(2)10(14)20(19-9)11-8(13)4-7(5-18-11)12(15,16)17/h4-5H,3H2,1-2H3. The Morgan fingerprint density at radius 1 is 1.30 bits per heavy atom. The number of nitrogens with zero attached hydrogens (tertiary/aromatic N) is 3. The zero-order valence-electron chi connectivity index (χ0n) is 10.6. The van der Waals surface area contributed by atoms with Crippen LogP contribution in [-0.4, -0.2) is 14.8 Å². The van der Waals surface area contributed by atoms with Gasteiger partial charge in [-0.25, -0.2) is 9.67 Å². The fourth-order valence-electron chi connectivity index (χ4n) is 1.74. The highest BCUT2D eigenvalue weighted by molar-refractivity contribution is 6.33. The van der Waals surface area contributed by atoms with Crippen molar-refractivity contribution in [3.8, 4) is 5.82 Å². The molecule has 0 bridgehead atoms. The Morgan fingerprint density at radius 3 is 2.40 bits per heavy atom. The molecule has 0 aliphatic carbocycles. The van der Waals surface area contributed by atoms with E-state index >= 15 is 0 Å². The van der Waals surface area contributed by atoms with Gasteiger partial charge in [0.05, 0.1) is 16.3 Å². The predicted molar refractivity (Wildman–Crippen MR) is 70.5 cm³/mol. The molecule has 2 aromatic rings. The Labute approximate surface area is 123 Å². The normalized spacial score (nSPS) is 11.9. The molecule has 0 radical (unpaired) electrons. The summed E-state index contributed by atoms with van der Waals surface area (Å²) in [6.45, 7) is 3.68. The number of hydrogen-bond donors (Lipinski definition) is 0. The summed E-state index contributed by atoms with van der Waals surface area (Å²) in [5.74, 6) is 0.0764. The molecule has 0 unspecified atom stereocenters. The maximum Gasteiger partial charge on any atom is 0.417 e. The lowest BCUT2D eigenvalue weighted by Gasteiger charge is -2.09. The highest BCUT2D eigenvalue weighted by atomic mass is 35.5. The van der Waals surface area contributed by atoms with Gasteiger partial charge in [0.15, 0.2) is 5.82 Å². The molecule has 2 rings (SSSR count). The molecular formula is C12H10Cl2F3N3. The number of alkyl halides is 3. The molecule has 0 saturated heterocycles. The molecule has 0 spiro atoms. The van der Waals surface area contributed by atoms with Crippen molar-refractivity contribution in [2.45, 2.75) is 26.4 Å². The average molecular weight is 324 g/mol. The van der Waals surface area contributed by atoms with Crippen LogP contribution in [0.3, 0.4) is 0 Å². The van der Waals surface area contributed by atoms with Crippen LogP contribution in [0.5, 0.6) is 0 Å². The zero-order valence-corrected chi connectivity index (χ0v) is 12.1. The number of halogens is 5. The molecule has 0 aliphatic rings. The first-order valence-corrected chi connectivity index (χ1v) is 6.48. The van der Waals surface area contributed by atoms with Gasteiger partial charge in [-0.05, 0) is 19.4 Å². The molecule has 2 aromatic heterocycles. The van der Waals surface area contributed by atoms with Gasteiger partial charge in [-0.3, -0.25) is 0 Å². The van der Waals surface area contributed by atoms with Gasteiger partial charge >= 0.3 is 6.18 Å². The second-order valence-corrected chi connectivity index (χ2v) is 4.92. The van der Waals surface area contributed by atoms with Gasteiger partial charge in [0.25, 0.3) is 0 Å². The van der Waals surface area contributed by atoms with Crippen LogP contribution >= 0.6 is 23.2 Å². The Morgan fingerprint density at radius 2 is 1.95 bits per heavy atom. The van der Waals surface area contributed by atoms with Crippen molar-refractivity contribution in [3.63, 3.8) is 0 Å². The second-order valence-electron chi connectivity index (χ2n) is 4.16. The lowest BCUT2D eigenvalue weighted by molar-refractivity contribution is -0.137. The van der Waals surface area contributed by atoms with Crippen molar-refractivity contribution in [2.75, 3.05) is 0 Å². The lowest BCUT2D eigenvalue weighted by Crippen LogP contribution is -2.08. The Kier molecular flexibility index (Phi) is 3.97. The van der Waals surface area contributed by atoms with E-state index in [1.807, 2.05) is 6.92 Å². The molecule has 0 atom stereocenters. The summed E-state index contributed by atoms with van der Waals surface area (Å²) < 4.78 is 38.9. The van der Waals surface area contributed by atoms with Crippen LogP contribution in [0.15, 0.2) is 12.3 Å².